The average Bonchev–Trinajstić information content (AvgIpc) is 2.96. The predicted octanol–water partition coefficient (Wildman–Crippen LogP) is 5.04. The summed E-state index contributed by atoms with van der Waals surface area (Å²) in [5.41, 5.74) is 2.98. The van der Waals surface area contributed by atoms with Crippen molar-refractivity contribution in [3.05, 3.63) is 77.9 Å². The second-order valence-electron chi connectivity index (χ2n) is 6.40. The van der Waals surface area contributed by atoms with E-state index in [0.717, 1.165) is 27.8 Å². The Labute approximate surface area is 158 Å². The van der Waals surface area contributed by atoms with E-state index < -0.39 is 0 Å². The van der Waals surface area contributed by atoms with Crippen molar-refractivity contribution in [1.29, 1.82) is 0 Å². The number of anilines is 1. The molecule has 27 heavy (non-hydrogen) atoms. The highest BCUT2D eigenvalue weighted by Gasteiger charge is 2.28. The molecule has 0 unspecified atom stereocenters. The molecule has 134 valence electrons. The number of ether oxygens (including phenoxy) is 1. The van der Waals surface area contributed by atoms with Gasteiger partial charge in [-0.2, -0.15) is 10.1 Å². The molecule has 1 heterocycles. The Bertz CT molecular complexity index is 1080. The predicted molar refractivity (Wildman–Crippen MR) is 110 cm³/mol. The van der Waals surface area contributed by atoms with Crippen LogP contribution < -0.4 is 9.75 Å². The van der Waals surface area contributed by atoms with Crippen molar-refractivity contribution in [2.75, 3.05) is 11.6 Å². The highest BCUT2D eigenvalue weighted by molar-refractivity contribution is 6.32. The van der Waals surface area contributed by atoms with Crippen molar-refractivity contribution < 1.29 is 9.53 Å². The summed E-state index contributed by atoms with van der Waals surface area (Å²) in [5, 5.41) is 8.17. The number of carbonyl (C=O) groups is 1. The maximum Gasteiger partial charge on any atom is 0.280 e. The van der Waals surface area contributed by atoms with E-state index in [4.69, 9.17) is 4.74 Å². The summed E-state index contributed by atoms with van der Waals surface area (Å²) in [6, 6.07) is 21.7. The molecular weight excluding hydrogens is 336 g/mol. The van der Waals surface area contributed by atoms with Crippen LogP contribution in [0.4, 0.5) is 5.69 Å². The molecule has 4 nitrogen and oxygen atoms in total. The molecule has 0 radical (unpaired) electrons. The van der Waals surface area contributed by atoms with E-state index in [1.54, 1.807) is 0 Å². The fraction of sp³-hybridized carbons (Fsp3) is 0.130. The normalized spacial score (nSPS) is 15.5. The first kappa shape index (κ1) is 17.0. The summed E-state index contributed by atoms with van der Waals surface area (Å²) in [4.78, 5) is 13.0. The van der Waals surface area contributed by atoms with Crippen LogP contribution in [-0.2, 0) is 4.79 Å². The largest absolute Gasteiger partial charge is 0.494 e. The molecule has 0 aliphatic carbocycles. The van der Waals surface area contributed by atoms with Gasteiger partial charge in [-0.05, 0) is 60.5 Å². The van der Waals surface area contributed by atoms with Gasteiger partial charge in [-0.25, -0.2) is 0 Å². The van der Waals surface area contributed by atoms with E-state index >= 15 is 0 Å². The lowest BCUT2D eigenvalue weighted by Gasteiger charge is -2.12. The first-order chi connectivity index (χ1) is 13.2. The van der Waals surface area contributed by atoms with Crippen LogP contribution in [0.25, 0.3) is 16.8 Å². The van der Waals surface area contributed by atoms with Crippen molar-refractivity contribution in [1.82, 2.24) is 0 Å². The van der Waals surface area contributed by atoms with Gasteiger partial charge >= 0.3 is 0 Å². The second kappa shape index (κ2) is 7.08. The maximum absolute atomic E-state index is 13.0. The third-order valence-corrected chi connectivity index (χ3v) is 4.52. The summed E-state index contributed by atoms with van der Waals surface area (Å²) in [6.45, 7) is 4.41. The molecule has 3 aromatic rings. The lowest BCUT2D eigenvalue weighted by Crippen LogP contribution is -2.21. The lowest BCUT2D eigenvalue weighted by molar-refractivity contribution is -0.114. The van der Waals surface area contributed by atoms with Gasteiger partial charge in [0.2, 0.25) is 0 Å². The molecule has 0 saturated heterocycles. The van der Waals surface area contributed by atoms with Crippen molar-refractivity contribution in [2.24, 2.45) is 5.10 Å². The minimum Gasteiger partial charge on any atom is -0.494 e. The Morgan fingerprint density at radius 1 is 1.00 bits per heavy atom. The van der Waals surface area contributed by atoms with Crippen LogP contribution in [-0.4, -0.2) is 18.2 Å². The number of benzene rings is 3. The van der Waals surface area contributed by atoms with Gasteiger partial charge in [0.05, 0.1) is 23.6 Å². The maximum atomic E-state index is 13.0. The number of carbonyl (C=O) groups excluding carboxylic acids is 1. The molecule has 0 fully saturated rings. The van der Waals surface area contributed by atoms with Gasteiger partial charge in [0.15, 0.2) is 0 Å². The number of hydrazone groups is 1. The Kier molecular flexibility index (Phi) is 4.47. The van der Waals surface area contributed by atoms with E-state index in [1.807, 2.05) is 80.6 Å². The van der Waals surface area contributed by atoms with Crippen LogP contribution in [0, 0.1) is 0 Å². The molecule has 0 N–H and O–H groups in total. The number of rotatable bonds is 4. The average molecular weight is 356 g/mol. The number of hydrogen-bond acceptors (Lipinski definition) is 3. The molecule has 0 atom stereocenters. The highest BCUT2D eigenvalue weighted by Crippen LogP contribution is 2.28. The van der Waals surface area contributed by atoms with Gasteiger partial charge in [0, 0.05) is 0 Å². The smallest absolute Gasteiger partial charge is 0.280 e. The zero-order valence-electron chi connectivity index (χ0n) is 15.3. The summed E-state index contributed by atoms with van der Waals surface area (Å²) >= 11 is 0. The number of nitrogens with zero attached hydrogens (tertiary/aromatic N) is 2. The fourth-order valence-corrected chi connectivity index (χ4v) is 3.20. The van der Waals surface area contributed by atoms with Crippen molar-refractivity contribution in [3.63, 3.8) is 0 Å². The first-order valence-corrected chi connectivity index (χ1v) is 8.99. The van der Waals surface area contributed by atoms with Crippen LogP contribution in [0.3, 0.4) is 0 Å². The minimum atomic E-state index is -0.121. The molecule has 1 aliphatic heterocycles. The molecule has 0 saturated carbocycles. The molecule has 0 aromatic heterocycles. The topological polar surface area (TPSA) is 41.9 Å². The molecule has 1 amide bonds. The van der Waals surface area contributed by atoms with Gasteiger partial charge in [-0.1, -0.05) is 42.5 Å². The van der Waals surface area contributed by atoms with Gasteiger partial charge in [-0.3, -0.25) is 4.79 Å². The standard InChI is InChI=1S/C23H20N2O2/c1-3-27-21-10-6-7-17(13-21)14-22-16(2)24-25(23(22)26)20-12-11-18-8-4-5-9-19(18)15-20/h4-15H,3H2,1-2H3/b22-14-. The summed E-state index contributed by atoms with van der Waals surface area (Å²) in [5.74, 6) is 0.669. The molecular formula is C23H20N2O2. The monoisotopic (exact) mass is 356 g/mol. The van der Waals surface area contributed by atoms with E-state index in [2.05, 4.69) is 11.2 Å². The summed E-state index contributed by atoms with van der Waals surface area (Å²) in [7, 11) is 0. The Hall–Kier alpha value is -3.40. The molecule has 0 bridgehead atoms. The fourth-order valence-electron chi connectivity index (χ4n) is 3.20. The van der Waals surface area contributed by atoms with Crippen LogP contribution in [0.5, 0.6) is 5.75 Å². The van der Waals surface area contributed by atoms with E-state index in [9.17, 15) is 4.79 Å². The Morgan fingerprint density at radius 2 is 1.81 bits per heavy atom. The van der Waals surface area contributed by atoms with Crippen molar-refractivity contribution >= 4 is 34.2 Å². The quantitative estimate of drug-likeness (QED) is 0.614. The number of amides is 1. The summed E-state index contributed by atoms with van der Waals surface area (Å²) < 4.78 is 5.54. The van der Waals surface area contributed by atoms with Crippen LogP contribution in [0.15, 0.2) is 77.4 Å². The zero-order valence-corrected chi connectivity index (χ0v) is 15.3. The third-order valence-electron chi connectivity index (χ3n) is 4.52. The van der Waals surface area contributed by atoms with Gasteiger partial charge in [0.25, 0.3) is 5.91 Å². The number of hydrogen-bond donors (Lipinski definition) is 0. The minimum absolute atomic E-state index is 0.121. The molecule has 4 rings (SSSR count). The SMILES string of the molecule is CCOc1cccc(/C=C2\C(=O)N(c3ccc4ccccc4c3)N=C2C)c1. The highest BCUT2D eigenvalue weighted by atomic mass is 16.5. The van der Waals surface area contributed by atoms with Gasteiger partial charge in [-0.15, -0.1) is 0 Å². The zero-order chi connectivity index (χ0) is 18.8. The Morgan fingerprint density at radius 3 is 2.63 bits per heavy atom. The van der Waals surface area contributed by atoms with Gasteiger partial charge in [0.1, 0.15) is 5.75 Å². The molecule has 1 aliphatic rings. The molecule has 3 aromatic carbocycles. The van der Waals surface area contributed by atoms with Gasteiger partial charge < -0.3 is 4.74 Å². The van der Waals surface area contributed by atoms with Crippen LogP contribution >= 0.6 is 0 Å². The number of fused-ring (bicyclic) bond motifs is 1. The second-order valence-corrected chi connectivity index (χ2v) is 6.40. The van der Waals surface area contributed by atoms with Crippen LogP contribution in [0.1, 0.15) is 19.4 Å². The lowest BCUT2D eigenvalue weighted by atomic mass is 10.1. The van der Waals surface area contributed by atoms with E-state index in [-0.39, 0.29) is 5.91 Å². The third kappa shape index (κ3) is 3.34. The van der Waals surface area contributed by atoms with Crippen LogP contribution in [0.2, 0.25) is 0 Å². The van der Waals surface area contributed by atoms with Crippen molar-refractivity contribution in [2.45, 2.75) is 13.8 Å². The van der Waals surface area contributed by atoms with E-state index in [0.29, 0.717) is 17.9 Å². The molecule has 0 spiro atoms. The van der Waals surface area contributed by atoms with Crippen molar-refractivity contribution in [3.8, 4) is 5.75 Å². The molecule has 4 heteroatoms. The summed E-state index contributed by atoms with van der Waals surface area (Å²) in [6.07, 6.45) is 1.87. The first-order valence-electron chi connectivity index (χ1n) is 8.99. The Balaban J connectivity index is 1.67. The van der Waals surface area contributed by atoms with E-state index in [1.165, 1.54) is 5.01 Å².